The van der Waals surface area contributed by atoms with Gasteiger partial charge >= 0.3 is 5.97 Å². The van der Waals surface area contributed by atoms with E-state index in [1.807, 2.05) is 13.0 Å². The number of fused-ring (bicyclic) bond motifs is 1. The Morgan fingerprint density at radius 1 is 1.44 bits per heavy atom. The molecule has 1 heterocycles. The molecule has 16 heavy (non-hydrogen) atoms. The summed E-state index contributed by atoms with van der Waals surface area (Å²) in [6.45, 7) is 1.86. The molecule has 0 unspecified atom stereocenters. The second-order valence-electron chi connectivity index (χ2n) is 3.67. The Labute approximate surface area is 97.7 Å². The number of benzene rings is 1. The Kier molecular flexibility index (Phi) is 2.79. The van der Waals surface area contributed by atoms with Gasteiger partial charge in [-0.15, -0.1) is 0 Å². The third kappa shape index (κ3) is 2.14. The molecule has 2 aromatic rings. The van der Waals surface area contributed by atoms with Gasteiger partial charge in [-0.1, -0.05) is 23.7 Å². The number of aryl methyl sites for hydroxylation is 1. The SMILES string of the molecule is Cc1cc(Cl)c2ccc(CC(=O)O)cc2n1. The van der Waals surface area contributed by atoms with E-state index in [0.717, 1.165) is 22.2 Å². The summed E-state index contributed by atoms with van der Waals surface area (Å²) in [6, 6.07) is 7.13. The molecular formula is C12H10ClNO2. The number of nitrogens with zero attached hydrogens (tertiary/aromatic N) is 1. The van der Waals surface area contributed by atoms with E-state index in [2.05, 4.69) is 4.98 Å². The van der Waals surface area contributed by atoms with Crippen LogP contribution in [-0.4, -0.2) is 16.1 Å². The molecule has 4 heteroatoms. The summed E-state index contributed by atoms with van der Waals surface area (Å²) in [5, 5.41) is 10.2. The Morgan fingerprint density at radius 3 is 2.88 bits per heavy atom. The van der Waals surface area contributed by atoms with Gasteiger partial charge in [-0.3, -0.25) is 9.78 Å². The molecule has 0 saturated carbocycles. The van der Waals surface area contributed by atoms with Gasteiger partial charge in [-0.25, -0.2) is 0 Å². The standard InChI is InChI=1S/C12H10ClNO2/c1-7-4-10(13)9-3-2-8(6-12(15)16)5-11(9)14-7/h2-5H,6H2,1H3,(H,15,16). The average Bonchev–Trinajstić information content (AvgIpc) is 2.15. The summed E-state index contributed by atoms with van der Waals surface area (Å²) < 4.78 is 0. The average molecular weight is 236 g/mol. The van der Waals surface area contributed by atoms with E-state index in [9.17, 15) is 4.79 Å². The highest BCUT2D eigenvalue weighted by atomic mass is 35.5. The maximum absolute atomic E-state index is 10.6. The Morgan fingerprint density at radius 2 is 2.19 bits per heavy atom. The zero-order valence-corrected chi connectivity index (χ0v) is 9.45. The minimum absolute atomic E-state index is 0.00316. The molecule has 1 N–H and O–H groups in total. The fraction of sp³-hybridized carbons (Fsp3) is 0.167. The number of aromatic nitrogens is 1. The number of pyridine rings is 1. The van der Waals surface area contributed by atoms with Gasteiger partial charge in [0.05, 0.1) is 17.0 Å². The molecule has 0 radical (unpaired) electrons. The number of hydrogen-bond acceptors (Lipinski definition) is 2. The maximum atomic E-state index is 10.6. The molecule has 0 aliphatic heterocycles. The van der Waals surface area contributed by atoms with Crippen molar-refractivity contribution in [3.05, 3.63) is 40.5 Å². The van der Waals surface area contributed by atoms with Crippen LogP contribution in [0.15, 0.2) is 24.3 Å². The number of rotatable bonds is 2. The molecule has 0 amide bonds. The van der Waals surface area contributed by atoms with Crippen molar-refractivity contribution in [2.45, 2.75) is 13.3 Å². The van der Waals surface area contributed by atoms with Crippen molar-refractivity contribution < 1.29 is 9.90 Å². The number of carboxylic acids is 1. The van der Waals surface area contributed by atoms with E-state index >= 15 is 0 Å². The second kappa shape index (κ2) is 4.10. The maximum Gasteiger partial charge on any atom is 0.307 e. The van der Waals surface area contributed by atoms with E-state index in [0.29, 0.717) is 5.02 Å². The monoisotopic (exact) mass is 235 g/mol. The van der Waals surface area contributed by atoms with Crippen LogP contribution in [0.5, 0.6) is 0 Å². The molecule has 0 bridgehead atoms. The van der Waals surface area contributed by atoms with E-state index < -0.39 is 5.97 Å². The molecule has 1 aromatic heterocycles. The summed E-state index contributed by atoms with van der Waals surface area (Å²) in [4.78, 5) is 14.9. The topological polar surface area (TPSA) is 50.2 Å². The van der Waals surface area contributed by atoms with Gasteiger partial charge in [0.15, 0.2) is 0 Å². The third-order valence-corrected chi connectivity index (χ3v) is 2.62. The van der Waals surface area contributed by atoms with Crippen LogP contribution in [0.3, 0.4) is 0 Å². The quantitative estimate of drug-likeness (QED) is 0.871. The first-order valence-electron chi connectivity index (χ1n) is 4.84. The summed E-state index contributed by atoms with van der Waals surface area (Å²) in [7, 11) is 0. The molecule has 2 rings (SSSR count). The van der Waals surface area contributed by atoms with Gasteiger partial charge in [-0.05, 0) is 24.6 Å². The highest BCUT2D eigenvalue weighted by Crippen LogP contribution is 2.23. The van der Waals surface area contributed by atoms with Gasteiger partial charge in [-0.2, -0.15) is 0 Å². The highest BCUT2D eigenvalue weighted by molar-refractivity contribution is 6.35. The van der Waals surface area contributed by atoms with Gasteiger partial charge in [0.2, 0.25) is 0 Å². The van der Waals surface area contributed by atoms with E-state index in [4.69, 9.17) is 16.7 Å². The first-order chi connectivity index (χ1) is 7.56. The van der Waals surface area contributed by atoms with Gasteiger partial charge < -0.3 is 5.11 Å². The first-order valence-corrected chi connectivity index (χ1v) is 5.21. The highest BCUT2D eigenvalue weighted by Gasteiger charge is 2.05. The molecule has 0 saturated heterocycles. The lowest BCUT2D eigenvalue weighted by Gasteiger charge is -2.04. The van der Waals surface area contributed by atoms with E-state index in [-0.39, 0.29) is 6.42 Å². The zero-order valence-electron chi connectivity index (χ0n) is 8.70. The van der Waals surface area contributed by atoms with Crippen LogP contribution in [0.4, 0.5) is 0 Å². The van der Waals surface area contributed by atoms with Crippen molar-refractivity contribution in [2.24, 2.45) is 0 Å². The fourth-order valence-corrected chi connectivity index (χ4v) is 1.96. The largest absolute Gasteiger partial charge is 0.481 e. The normalized spacial score (nSPS) is 10.6. The lowest BCUT2D eigenvalue weighted by molar-refractivity contribution is -0.136. The number of halogens is 1. The number of carbonyl (C=O) groups is 1. The zero-order chi connectivity index (χ0) is 11.7. The van der Waals surface area contributed by atoms with Gasteiger partial charge in [0.25, 0.3) is 0 Å². The van der Waals surface area contributed by atoms with Crippen molar-refractivity contribution in [3.63, 3.8) is 0 Å². The van der Waals surface area contributed by atoms with Crippen LogP contribution in [-0.2, 0) is 11.2 Å². The number of carboxylic acid groups (broad SMARTS) is 1. The van der Waals surface area contributed by atoms with Gasteiger partial charge in [0, 0.05) is 11.1 Å². The van der Waals surface area contributed by atoms with Crippen LogP contribution < -0.4 is 0 Å². The molecule has 82 valence electrons. The molecule has 3 nitrogen and oxygen atoms in total. The van der Waals surface area contributed by atoms with Crippen LogP contribution in [0.2, 0.25) is 5.02 Å². The number of hydrogen-bond donors (Lipinski definition) is 1. The molecular weight excluding hydrogens is 226 g/mol. The van der Waals surface area contributed by atoms with Crippen molar-refractivity contribution in [1.29, 1.82) is 0 Å². The fourth-order valence-electron chi connectivity index (χ4n) is 1.64. The minimum Gasteiger partial charge on any atom is -0.481 e. The Hall–Kier alpha value is -1.61. The summed E-state index contributed by atoms with van der Waals surface area (Å²) in [5.41, 5.74) is 2.29. The molecule has 0 aliphatic carbocycles. The molecule has 0 aliphatic rings. The second-order valence-corrected chi connectivity index (χ2v) is 4.07. The lowest BCUT2D eigenvalue weighted by Crippen LogP contribution is -2.00. The van der Waals surface area contributed by atoms with Crippen LogP contribution in [0.25, 0.3) is 10.9 Å². The summed E-state index contributed by atoms with van der Waals surface area (Å²) in [5.74, 6) is -0.849. The predicted molar refractivity (Wildman–Crippen MR) is 62.8 cm³/mol. The summed E-state index contributed by atoms with van der Waals surface area (Å²) >= 11 is 6.06. The van der Waals surface area contributed by atoms with E-state index in [1.165, 1.54) is 0 Å². The Bertz CT molecular complexity index is 566. The molecule has 1 aromatic carbocycles. The number of aliphatic carboxylic acids is 1. The first kappa shape index (κ1) is 10.9. The molecule has 0 fully saturated rings. The van der Waals surface area contributed by atoms with Crippen LogP contribution >= 0.6 is 11.6 Å². The van der Waals surface area contributed by atoms with Crippen molar-refractivity contribution in [1.82, 2.24) is 4.98 Å². The predicted octanol–water partition coefficient (Wildman–Crippen LogP) is 2.82. The van der Waals surface area contributed by atoms with Crippen LogP contribution in [0, 0.1) is 6.92 Å². The smallest absolute Gasteiger partial charge is 0.307 e. The molecule has 0 spiro atoms. The van der Waals surface area contributed by atoms with Crippen molar-refractivity contribution >= 4 is 28.5 Å². The lowest BCUT2D eigenvalue weighted by atomic mass is 10.1. The minimum atomic E-state index is -0.849. The van der Waals surface area contributed by atoms with Crippen molar-refractivity contribution in [2.75, 3.05) is 0 Å². The van der Waals surface area contributed by atoms with Crippen molar-refractivity contribution in [3.8, 4) is 0 Å². The molecule has 0 atom stereocenters. The Balaban J connectivity index is 2.57. The van der Waals surface area contributed by atoms with E-state index in [1.54, 1.807) is 18.2 Å². The van der Waals surface area contributed by atoms with Crippen LogP contribution in [0.1, 0.15) is 11.3 Å². The summed E-state index contributed by atoms with van der Waals surface area (Å²) in [6.07, 6.45) is 0.00316. The third-order valence-electron chi connectivity index (χ3n) is 2.31. The van der Waals surface area contributed by atoms with Gasteiger partial charge in [0.1, 0.15) is 0 Å².